The fourth-order valence-corrected chi connectivity index (χ4v) is 3.09. The first-order valence-corrected chi connectivity index (χ1v) is 8.91. The lowest BCUT2D eigenvalue weighted by atomic mass is 10.2. The first-order chi connectivity index (χ1) is 12.6. The molecule has 130 valence electrons. The highest BCUT2D eigenvalue weighted by Gasteiger charge is 2.13. The topological polar surface area (TPSA) is 96.5 Å². The molecule has 1 amide bonds. The fourth-order valence-electron chi connectivity index (χ4n) is 2.22. The smallest absolute Gasteiger partial charge is 0.234 e. The summed E-state index contributed by atoms with van der Waals surface area (Å²) >= 11 is 7.12. The van der Waals surface area contributed by atoms with E-state index in [-0.39, 0.29) is 11.7 Å². The van der Waals surface area contributed by atoms with E-state index in [2.05, 4.69) is 20.8 Å². The van der Waals surface area contributed by atoms with Gasteiger partial charge in [-0.25, -0.2) is 0 Å². The third-order valence-electron chi connectivity index (χ3n) is 3.40. The van der Waals surface area contributed by atoms with Crippen molar-refractivity contribution in [2.75, 3.05) is 11.1 Å². The van der Waals surface area contributed by atoms with Crippen LogP contribution in [0.2, 0.25) is 5.02 Å². The zero-order chi connectivity index (χ0) is 18.5. The lowest BCUT2D eigenvalue weighted by Gasteiger charge is -2.08. The monoisotopic (exact) mass is 384 g/mol. The summed E-state index contributed by atoms with van der Waals surface area (Å²) in [7, 11) is 0. The normalized spacial score (nSPS) is 10.3. The predicted octanol–water partition coefficient (Wildman–Crippen LogP) is 3.23. The van der Waals surface area contributed by atoms with E-state index in [9.17, 15) is 4.79 Å². The number of benzene rings is 2. The number of anilines is 1. The Hall–Kier alpha value is -2.89. The van der Waals surface area contributed by atoms with Crippen LogP contribution in [0.1, 0.15) is 11.1 Å². The number of tetrazole rings is 1. The van der Waals surface area contributed by atoms with Gasteiger partial charge in [0.15, 0.2) is 0 Å². The maximum Gasteiger partial charge on any atom is 0.234 e. The molecule has 0 aliphatic carbocycles. The molecule has 0 saturated carbocycles. The van der Waals surface area contributed by atoms with Crippen molar-refractivity contribution in [3.63, 3.8) is 0 Å². The maximum absolute atomic E-state index is 12.2. The SMILES string of the molecule is Cc1cccc(-n2nnnc2SCC(=O)Nc2cc(Cl)ccc2C#N)c1. The molecule has 3 aromatic rings. The van der Waals surface area contributed by atoms with E-state index in [1.807, 2.05) is 37.3 Å². The van der Waals surface area contributed by atoms with Crippen LogP contribution in [0.25, 0.3) is 5.69 Å². The van der Waals surface area contributed by atoms with Crippen LogP contribution in [0.4, 0.5) is 5.69 Å². The van der Waals surface area contributed by atoms with E-state index in [1.165, 1.54) is 11.8 Å². The average Bonchev–Trinajstić information content (AvgIpc) is 3.09. The molecule has 3 rings (SSSR count). The predicted molar refractivity (Wildman–Crippen MR) is 99.4 cm³/mol. The van der Waals surface area contributed by atoms with E-state index < -0.39 is 0 Å². The molecule has 0 atom stereocenters. The second kappa shape index (κ2) is 7.99. The largest absolute Gasteiger partial charge is 0.324 e. The van der Waals surface area contributed by atoms with Gasteiger partial charge in [-0.3, -0.25) is 4.79 Å². The average molecular weight is 385 g/mol. The van der Waals surface area contributed by atoms with Gasteiger partial charge >= 0.3 is 0 Å². The molecule has 2 aromatic carbocycles. The van der Waals surface area contributed by atoms with Gasteiger partial charge < -0.3 is 5.32 Å². The van der Waals surface area contributed by atoms with Crippen molar-refractivity contribution in [1.29, 1.82) is 5.26 Å². The van der Waals surface area contributed by atoms with Gasteiger partial charge in [-0.05, 0) is 53.2 Å². The third-order valence-corrected chi connectivity index (χ3v) is 4.55. The number of rotatable bonds is 5. The van der Waals surface area contributed by atoms with Crippen LogP contribution in [0, 0.1) is 18.3 Å². The minimum Gasteiger partial charge on any atom is -0.324 e. The van der Waals surface area contributed by atoms with E-state index in [0.717, 1.165) is 11.3 Å². The van der Waals surface area contributed by atoms with Crippen molar-refractivity contribution >= 4 is 35.0 Å². The van der Waals surface area contributed by atoms with E-state index in [4.69, 9.17) is 16.9 Å². The molecular formula is C17H13ClN6OS. The second-order valence-corrected chi connectivity index (χ2v) is 6.73. The van der Waals surface area contributed by atoms with Gasteiger partial charge in [-0.2, -0.15) is 9.94 Å². The number of carbonyl (C=O) groups excluding carboxylic acids is 1. The first-order valence-electron chi connectivity index (χ1n) is 7.54. The molecular weight excluding hydrogens is 372 g/mol. The van der Waals surface area contributed by atoms with Crippen LogP contribution in [0.3, 0.4) is 0 Å². The number of halogens is 1. The minimum atomic E-state index is -0.285. The molecule has 26 heavy (non-hydrogen) atoms. The number of aryl methyl sites for hydroxylation is 1. The van der Waals surface area contributed by atoms with Crippen LogP contribution < -0.4 is 5.32 Å². The highest BCUT2D eigenvalue weighted by atomic mass is 35.5. The molecule has 0 radical (unpaired) electrons. The van der Waals surface area contributed by atoms with Crippen LogP contribution >= 0.6 is 23.4 Å². The molecule has 0 saturated heterocycles. The van der Waals surface area contributed by atoms with Gasteiger partial charge in [-0.15, -0.1) is 5.10 Å². The van der Waals surface area contributed by atoms with Crippen LogP contribution in [-0.2, 0) is 4.79 Å². The molecule has 1 N–H and O–H groups in total. The van der Waals surface area contributed by atoms with Crippen molar-refractivity contribution < 1.29 is 4.79 Å². The molecule has 0 fully saturated rings. The number of nitrogens with zero attached hydrogens (tertiary/aromatic N) is 5. The van der Waals surface area contributed by atoms with Gasteiger partial charge in [0.2, 0.25) is 11.1 Å². The molecule has 0 bridgehead atoms. The Morgan fingerprint density at radius 1 is 1.35 bits per heavy atom. The van der Waals surface area contributed by atoms with Gasteiger partial charge in [0.1, 0.15) is 6.07 Å². The molecule has 7 nitrogen and oxygen atoms in total. The van der Waals surface area contributed by atoms with Crippen molar-refractivity contribution in [1.82, 2.24) is 20.2 Å². The van der Waals surface area contributed by atoms with Gasteiger partial charge in [0.05, 0.1) is 22.7 Å². The number of thioether (sulfide) groups is 1. The molecule has 9 heteroatoms. The lowest BCUT2D eigenvalue weighted by molar-refractivity contribution is -0.113. The summed E-state index contributed by atoms with van der Waals surface area (Å²) in [4.78, 5) is 12.2. The fraction of sp³-hybridized carbons (Fsp3) is 0.118. The summed E-state index contributed by atoms with van der Waals surface area (Å²) in [5.74, 6) is -0.198. The van der Waals surface area contributed by atoms with Crippen LogP contribution in [-0.4, -0.2) is 31.9 Å². The van der Waals surface area contributed by atoms with Crippen LogP contribution in [0.5, 0.6) is 0 Å². The Bertz CT molecular complexity index is 997. The number of hydrogen-bond donors (Lipinski definition) is 1. The Labute approximate surface area is 159 Å². The van der Waals surface area contributed by atoms with E-state index in [1.54, 1.807) is 22.9 Å². The number of nitriles is 1. The number of nitrogens with one attached hydrogen (secondary N) is 1. The van der Waals surface area contributed by atoms with E-state index >= 15 is 0 Å². The summed E-state index contributed by atoms with van der Waals surface area (Å²) < 4.78 is 1.57. The second-order valence-electron chi connectivity index (χ2n) is 5.35. The standard InChI is InChI=1S/C17H13ClN6OS/c1-11-3-2-4-14(7-11)24-17(21-22-23-24)26-10-16(25)20-15-8-13(18)6-5-12(15)9-19/h2-8H,10H2,1H3,(H,20,25). The Morgan fingerprint density at radius 3 is 2.96 bits per heavy atom. The Morgan fingerprint density at radius 2 is 2.19 bits per heavy atom. The summed E-state index contributed by atoms with van der Waals surface area (Å²) in [6.45, 7) is 1.98. The number of hydrogen-bond acceptors (Lipinski definition) is 6. The van der Waals surface area contributed by atoms with Gasteiger partial charge in [-0.1, -0.05) is 35.5 Å². The van der Waals surface area contributed by atoms with Crippen molar-refractivity contribution in [2.45, 2.75) is 12.1 Å². The summed E-state index contributed by atoms with van der Waals surface area (Å²) in [6.07, 6.45) is 0. The van der Waals surface area contributed by atoms with Gasteiger partial charge in [0, 0.05) is 5.02 Å². The summed E-state index contributed by atoms with van der Waals surface area (Å²) in [5, 5.41) is 24.3. The number of aromatic nitrogens is 4. The molecule has 0 aliphatic rings. The summed E-state index contributed by atoms with van der Waals surface area (Å²) in [5.41, 5.74) is 2.62. The molecule has 0 unspecified atom stereocenters. The van der Waals surface area contributed by atoms with Crippen molar-refractivity contribution in [2.24, 2.45) is 0 Å². The first kappa shape index (κ1) is 17.9. The Kier molecular flexibility index (Phi) is 5.51. The summed E-state index contributed by atoms with van der Waals surface area (Å²) in [6, 6.07) is 14.4. The highest BCUT2D eigenvalue weighted by molar-refractivity contribution is 7.99. The molecule has 1 heterocycles. The van der Waals surface area contributed by atoms with Crippen molar-refractivity contribution in [3.8, 4) is 11.8 Å². The Balaban J connectivity index is 1.69. The molecule has 0 aliphatic heterocycles. The van der Waals surface area contributed by atoms with Crippen molar-refractivity contribution in [3.05, 3.63) is 58.6 Å². The quantitative estimate of drug-likeness (QED) is 0.678. The number of amides is 1. The molecule has 0 spiro atoms. The van der Waals surface area contributed by atoms with E-state index in [0.29, 0.717) is 21.4 Å². The third kappa shape index (κ3) is 4.20. The minimum absolute atomic E-state index is 0.0869. The van der Waals surface area contributed by atoms with Gasteiger partial charge in [0.25, 0.3) is 0 Å². The highest BCUT2D eigenvalue weighted by Crippen LogP contribution is 2.22. The molecule has 1 aromatic heterocycles. The maximum atomic E-state index is 12.2. The van der Waals surface area contributed by atoms with Crippen LogP contribution in [0.15, 0.2) is 47.6 Å². The zero-order valence-corrected chi connectivity index (χ0v) is 15.3. The zero-order valence-electron chi connectivity index (χ0n) is 13.7. The number of carbonyl (C=O) groups is 1. The lowest BCUT2D eigenvalue weighted by Crippen LogP contribution is -2.15.